The van der Waals surface area contributed by atoms with Crippen molar-refractivity contribution in [3.05, 3.63) is 65.7 Å². The van der Waals surface area contributed by atoms with Crippen LogP contribution >= 0.6 is 0 Å². The molecule has 1 unspecified atom stereocenters. The third-order valence-corrected chi connectivity index (χ3v) is 5.54. The van der Waals surface area contributed by atoms with E-state index in [4.69, 9.17) is 4.74 Å². The highest BCUT2D eigenvalue weighted by Crippen LogP contribution is 2.36. The Balaban J connectivity index is 1.55. The van der Waals surface area contributed by atoms with Crippen LogP contribution in [-0.4, -0.2) is 34.1 Å². The summed E-state index contributed by atoms with van der Waals surface area (Å²) in [6.45, 7) is 0.441. The average molecular weight is 351 g/mol. The van der Waals surface area contributed by atoms with Crippen molar-refractivity contribution >= 4 is 5.91 Å². The molecule has 4 rings (SSSR count). The number of fused-ring (bicyclic) bond motifs is 2. The highest BCUT2D eigenvalue weighted by atomic mass is 16.5. The van der Waals surface area contributed by atoms with E-state index in [1.807, 2.05) is 59.5 Å². The number of carbonyl (C=O) groups excluding carboxylic acids is 1. The van der Waals surface area contributed by atoms with E-state index in [0.717, 1.165) is 24.8 Å². The Kier molecular flexibility index (Phi) is 4.93. The van der Waals surface area contributed by atoms with Crippen molar-refractivity contribution in [1.29, 1.82) is 0 Å². The van der Waals surface area contributed by atoms with Gasteiger partial charge in [0.25, 0.3) is 5.91 Å². The second kappa shape index (κ2) is 7.50. The number of carbonyl (C=O) groups is 1. The predicted octanol–water partition coefficient (Wildman–Crippen LogP) is 3.78. The monoisotopic (exact) mass is 351 g/mol. The summed E-state index contributed by atoms with van der Waals surface area (Å²) < 4.78 is 5.98. The van der Waals surface area contributed by atoms with E-state index in [2.05, 4.69) is 0 Å². The van der Waals surface area contributed by atoms with E-state index in [-0.39, 0.29) is 24.1 Å². The van der Waals surface area contributed by atoms with E-state index in [1.54, 1.807) is 0 Å². The fourth-order valence-corrected chi connectivity index (χ4v) is 4.33. The number of piperidine rings is 2. The molecule has 2 saturated heterocycles. The lowest BCUT2D eigenvalue weighted by molar-refractivity contribution is -0.0152. The molecular weight excluding hydrogens is 326 g/mol. The van der Waals surface area contributed by atoms with Gasteiger partial charge >= 0.3 is 0 Å². The summed E-state index contributed by atoms with van der Waals surface area (Å²) in [6, 6.07) is 17.8. The van der Waals surface area contributed by atoms with Gasteiger partial charge in [-0.3, -0.25) is 4.79 Å². The van der Waals surface area contributed by atoms with Gasteiger partial charge in [0, 0.05) is 12.1 Å². The van der Waals surface area contributed by atoms with Gasteiger partial charge in [-0.15, -0.1) is 0 Å². The zero-order valence-electron chi connectivity index (χ0n) is 14.9. The fraction of sp³-hybridized carbons (Fsp3) is 0.409. The maximum absolute atomic E-state index is 13.3. The lowest BCUT2D eigenvalue weighted by Crippen LogP contribution is -2.55. The van der Waals surface area contributed by atoms with Crippen molar-refractivity contribution in [2.75, 3.05) is 0 Å². The highest BCUT2D eigenvalue weighted by Gasteiger charge is 2.41. The number of nitrogens with zero attached hydrogens (tertiary/aromatic N) is 1. The molecule has 0 radical (unpaired) electrons. The molecule has 1 N–H and O–H groups in total. The van der Waals surface area contributed by atoms with Gasteiger partial charge in [0.1, 0.15) is 12.4 Å². The minimum Gasteiger partial charge on any atom is -0.488 e. The predicted molar refractivity (Wildman–Crippen MR) is 100 cm³/mol. The van der Waals surface area contributed by atoms with Gasteiger partial charge in [-0.1, -0.05) is 42.5 Å². The lowest BCUT2D eigenvalue weighted by Gasteiger charge is -2.47. The van der Waals surface area contributed by atoms with Crippen molar-refractivity contribution in [3.63, 3.8) is 0 Å². The smallest absolute Gasteiger partial charge is 0.258 e. The first-order chi connectivity index (χ1) is 12.7. The average Bonchev–Trinajstić information content (AvgIpc) is 2.66. The molecule has 4 nitrogen and oxygen atoms in total. The largest absolute Gasteiger partial charge is 0.488 e. The molecule has 2 heterocycles. The second-order valence-electron chi connectivity index (χ2n) is 7.35. The normalized spacial score (nSPS) is 25.0. The summed E-state index contributed by atoms with van der Waals surface area (Å²) in [5, 5.41) is 10.1. The molecule has 2 aromatic carbocycles. The van der Waals surface area contributed by atoms with Crippen molar-refractivity contribution in [3.8, 4) is 5.75 Å². The molecule has 1 amide bonds. The molecule has 2 aliphatic heterocycles. The molecule has 2 fully saturated rings. The zero-order valence-corrected chi connectivity index (χ0v) is 14.9. The van der Waals surface area contributed by atoms with Crippen LogP contribution in [0.3, 0.4) is 0 Å². The first-order valence-corrected chi connectivity index (χ1v) is 9.49. The number of rotatable bonds is 4. The quantitative estimate of drug-likeness (QED) is 0.912. The molecule has 0 aromatic heterocycles. The third-order valence-electron chi connectivity index (χ3n) is 5.54. The number of benzene rings is 2. The standard InChI is InChI=1S/C22H25NO3/c24-19-13-17-9-6-10-18(14-19)23(17)22(25)20-11-4-5-12-21(20)26-15-16-7-2-1-3-8-16/h1-5,7-8,11-12,17-19,24H,6,9-10,13-15H2/t17-,18+,19?. The first kappa shape index (κ1) is 17.1. The van der Waals surface area contributed by atoms with Crippen LogP contribution in [0.5, 0.6) is 5.75 Å². The molecule has 3 atom stereocenters. The van der Waals surface area contributed by atoms with Crippen LogP contribution in [0, 0.1) is 0 Å². The van der Waals surface area contributed by atoms with Crippen LogP contribution in [0.15, 0.2) is 54.6 Å². The lowest BCUT2D eigenvalue weighted by atomic mass is 9.82. The first-order valence-electron chi connectivity index (χ1n) is 9.49. The fourth-order valence-electron chi connectivity index (χ4n) is 4.33. The number of hydrogen-bond donors (Lipinski definition) is 1. The van der Waals surface area contributed by atoms with Crippen molar-refractivity contribution < 1.29 is 14.6 Å². The molecule has 4 heteroatoms. The van der Waals surface area contributed by atoms with Crippen LogP contribution < -0.4 is 4.74 Å². The second-order valence-corrected chi connectivity index (χ2v) is 7.35. The number of amides is 1. The topological polar surface area (TPSA) is 49.8 Å². The number of aliphatic hydroxyl groups is 1. The number of hydrogen-bond acceptors (Lipinski definition) is 3. The summed E-state index contributed by atoms with van der Waals surface area (Å²) in [7, 11) is 0. The Morgan fingerprint density at radius 2 is 1.65 bits per heavy atom. The maximum atomic E-state index is 13.3. The molecule has 136 valence electrons. The van der Waals surface area contributed by atoms with Crippen LogP contribution in [-0.2, 0) is 6.61 Å². The summed E-state index contributed by atoms with van der Waals surface area (Å²) in [6.07, 6.45) is 4.19. The molecule has 0 spiro atoms. The summed E-state index contributed by atoms with van der Waals surface area (Å²) in [5.74, 6) is 0.667. The highest BCUT2D eigenvalue weighted by molar-refractivity contribution is 5.97. The van der Waals surface area contributed by atoms with Crippen LogP contribution in [0.1, 0.15) is 48.0 Å². The minimum atomic E-state index is -0.279. The molecule has 2 bridgehead atoms. The molecule has 0 aliphatic carbocycles. The van der Waals surface area contributed by atoms with E-state index in [1.165, 1.54) is 0 Å². The Morgan fingerprint density at radius 1 is 1.00 bits per heavy atom. The van der Waals surface area contributed by atoms with Gasteiger partial charge in [-0.25, -0.2) is 0 Å². The minimum absolute atomic E-state index is 0.0373. The van der Waals surface area contributed by atoms with Crippen molar-refractivity contribution in [2.24, 2.45) is 0 Å². The van der Waals surface area contributed by atoms with E-state index >= 15 is 0 Å². The Morgan fingerprint density at radius 3 is 2.38 bits per heavy atom. The number of aliphatic hydroxyl groups excluding tert-OH is 1. The van der Waals surface area contributed by atoms with Gasteiger partial charge in [-0.2, -0.15) is 0 Å². The Labute approximate surface area is 154 Å². The summed E-state index contributed by atoms with van der Waals surface area (Å²) >= 11 is 0. The van der Waals surface area contributed by atoms with Crippen LogP contribution in [0.2, 0.25) is 0 Å². The zero-order chi connectivity index (χ0) is 17.9. The van der Waals surface area contributed by atoms with E-state index in [0.29, 0.717) is 30.8 Å². The molecule has 0 saturated carbocycles. The molecule has 26 heavy (non-hydrogen) atoms. The third kappa shape index (κ3) is 3.47. The number of para-hydroxylation sites is 1. The van der Waals surface area contributed by atoms with E-state index in [9.17, 15) is 9.90 Å². The molecule has 2 aliphatic rings. The molecular formula is C22H25NO3. The summed E-state index contributed by atoms with van der Waals surface area (Å²) in [4.78, 5) is 15.3. The van der Waals surface area contributed by atoms with Gasteiger partial charge in [0.2, 0.25) is 0 Å². The van der Waals surface area contributed by atoms with Gasteiger partial charge in [-0.05, 0) is 49.8 Å². The van der Waals surface area contributed by atoms with E-state index < -0.39 is 0 Å². The van der Waals surface area contributed by atoms with Gasteiger partial charge in [0.05, 0.1) is 11.7 Å². The van der Waals surface area contributed by atoms with Crippen molar-refractivity contribution in [2.45, 2.75) is 56.9 Å². The van der Waals surface area contributed by atoms with Gasteiger partial charge < -0.3 is 14.7 Å². The van der Waals surface area contributed by atoms with Crippen LogP contribution in [0.25, 0.3) is 0 Å². The Hall–Kier alpha value is -2.33. The summed E-state index contributed by atoms with van der Waals surface area (Å²) in [5.41, 5.74) is 1.70. The maximum Gasteiger partial charge on any atom is 0.258 e. The van der Waals surface area contributed by atoms with Crippen molar-refractivity contribution in [1.82, 2.24) is 4.90 Å². The molecule has 2 aromatic rings. The Bertz CT molecular complexity index is 747. The number of ether oxygens (including phenoxy) is 1. The van der Waals surface area contributed by atoms with Gasteiger partial charge in [0.15, 0.2) is 0 Å². The SMILES string of the molecule is O=C(c1ccccc1OCc1ccccc1)N1[C@@H]2CCC[C@H]1CC(O)C2. The van der Waals surface area contributed by atoms with Crippen LogP contribution in [0.4, 0.5) is 0 Å².